The molecule has 1 aromatic heterocycles. The van der Waals surface area contributed by atoms with Gasteiger partial charge in [0.1, 0.15) is 23.1 Å². The fraction of sp³-hybridized carbons (Fsp3) is 0.545. The highest BCUT2D eigenvalue weighted by atomic mass is 35.5. The second-order valence-electron chi connectivity index (χ2n) is 4.09. The number of Topliss-reactive ketones (excluding diaryl/α,β-unsaturated/α-hetero) is 1. The van der Waals surface area contributed by atoms with Crippen molar-refractivity contribution in [1.29, 1.82) is 0 Å². The Kier molecular flexibility index (Phi) is 3.39. The Morgan fingerprint density at radius 1 is 1.56 bits per heavy atom. The molecule has 16 heavy (non-hydrogen) atoms. The van der Waals surface area contributed by atoms with Gasteiger partial charge in [-0.1, -0.05) is 11.6 Å². The van der Waals surface area contributed by atoms with Crippen molar-refractivity contribution in [3.05, 3.63) is 17.5 Å². The van der Waals surface area contributed by atoms with Crippen molar-refractivity contribution >= 4 is 23.2 Å². The molecule has 0 radical (unpaired) electrons. The number of hydrogen-bond acceptors (Lipinski definition) is 4. The minimum Gasteiger partial charge on any atom is -0.356 e. The summed E-state index contributed by atoms with van der Waals surface area (Å²) in [5, 5.41) is 0.440. The van der Waals surface area contributed by atoms with Gasteiger partial charge in [0, 0.05) is 25.1 Å². The van der Waals surface area contributed by atoms with Crippen molar-refractivity contribution in [2.24, 2.45) is 5.92 Å². The van der Waals surface area contributed by atoms with E-state index in [-0.39, 0.29) is 11.7 Å². The second kappa shape index (κ2) is 4.78. The number of halogens is 1. The van der Waals surface area contributed by atoms with Crippen molar-refractivity contribution in [2.45, 2.75) is 19.8 Å². The van der Waals surface area contributed by atoms with E-state index in [0.717, 1.165) is 31.7 Å². The van der Waals surface area contributed by atoms with Gasteiger partial charge in [-0.15, -0.1) is 0 Å². The molecule has 0 aromatic carbocycles. The number of hydrogen-bond donors (Lipinski definition) is 0. The van der Waals surface area contributed by atoms with Gasteiger partial charge in [-0.3, -0.25) is 4.79 Å². The van der Waals surface area contributed by atoms with Crippen LogP contribution in [0.25, 0.3) is 0 Å². The van der Waals surface area contributed by atoms with Gasteiger partial charge in [-0.05, 0) is 19.8 Å². The van der Waals surface area contributed by atoms with Gasteiger partial charge in [-0.25, -0.2) is 9.97 Å². The monoisotopic (exact) mass is 239 g/mol. The smallest absolute Gasteiger partial charge is 0.134 e. The van der Waals surface area contributed by atoms with Crippen LogP contribution in [0, 0.1) is 5.92 Å². The summed E-state index contributed by atoms with van der Waals surface area (Å²) < 4.78 is 0. The van der Waals surface area contributed by atoms with E-state index in [1.54, 1.807) is 13.0 Å². The Morgan fingerprint density at radius 3 is 3.06 bits per heavy atom. The standard InChI is InChI=1S/C11H14ClN3O/c1-8(16)9-3-2-4-15(6-9)11-5-10(12)13-7-14-11/h5,7,9H,2-4,6H2,1H3. The summed E-state index contributed by atoms with van der Waals surface area (Å²) in [6.07, 6.45) is 3.45. The van der Waals surface area contributed by atoms with E-state index in [4.69, 9.17) is 11.6 Å². The van der Waals surface area contributed by atoms with Gasteiger partial charge in [0.15, 0.2) is 0 Å². The molecule has 1 atom stereocenters. The third-order valence-electron chi connectivity index (χ3n) is 2.94. The van der Waals surface area contributed by atoms with E-state index >= 15 is 0 Å². The molecule has 1 saturated heterocycles. The summed E-state index contributed by atoms with van der Waals surface area (Å²) in [7, 11) is 0. The Bertz CT molecular complexity index is 397. The van der Waals surface area contributed by atoms with E-state index in [2.05, 4.69) is 14.9 Å². The number of carbonyl (C=O) groups is 1. The zero-order valence-electron chi connectivity index (χ0n) is 9.19. The lowest BCUT2D eigenvalue weighted by atomic mass is 9.95. The summed E-state index contributed by atoms with van der Waals surface area (Å²) in [4.78, 5) is 21.5. The molecule has 86 valence electrons. The van der Waals surface area contributed by atoms with Crippen molar-refractivity contribution in [3.63, 3.8) is 0 Å². The van der Waals surface area contributed by atoms with E-state index in [0.29, 0.717) is 5.15 Å². The maximum atomic E-state index is 11.4. The molecule has 0 saturated carbocycles. The number of piperidine rings is 1. The molecule has 1 aliphatic heterocycles. The lowest BCUT2D eigenvalue weighted by Gasteiger charge is -2.32. The first-order chi connectivity index (χ1) is 7.66. The number of anilines is 1. The second-order valence-corrected chi connectivity index (χ2v) is 4.48. The van der Waals surface area contributed by atoms with Crippen LogP contribution in [0.1, 0.15) is 19.8 Å². The predicted octanol–water partition coefficient (Wildman–Crippen LogP) is 1.94. The molecule has 2 heterocycles. The normalized spacial score (nSPS) is 20.9. The molecule has 0 N–H and O–H groups in total. The predicted molar refractivity (Wildman–Crippen MR) is 62.7 cm³/mol. The SMILES string of the molecule is CC(=O)C1CCCN(c2cc(Cl)ncn2)C1. The van der Waals surface area contributed by atoms with Crippen LogP contribution in [0.4, 0.5) is 5.82 Å². The summed E-state index contributed by atoms with van der Waals surface area (Å²) >= 11 is 5.82. The molecule has 0 spiro atoms. The summed E-state index contributed by atoms with van der Waals surface area (Å²) in [6, 6.07) is 1.74. The number of nitrogens with zero attached hydrogens (tertiary/aromatic N) is 3. The van der Waals surface area contributed by atoms with Crippen LogP contribution < -0.4 is 4.90 Å². The van der Waals surface area contributed by atoms with Crippen molar-refractivity contribution in [1.82, 2.24) is 9.97 Å². The Morgan fingerprint density at radius 2 is 2.38 bits per heavy atom. The molecule has 1 fully saturated rings. The first-order valence-corrected chi connectivity index (χ1v) is 5.77. The third-order valence-corrected chi connectivity index (χ3v) is 3.15. The van der Waals surface area contributed by atoms with Crippen LogP contribution in [-0.2, 0) is 4.79 Å². The summed E-state index contributed by atoms with van der Waals surface area (Å²) in [5.74, 6) is 1.19. The summed E-state index contributed by atoms with van der Waals surface area (Å²) in [6.45, 7) is 3.32. The van der Waals surface area contributed by atoms with Crippen LogP contribution in [0.15, 0.2) is 12.4 Å². The maximum absolute atomic E-state index is 11.4. The number of aromatic nitrogens is 2. The van der Waals surface area contributed by atoms with E-state index in [1.165, 1.54) is 6.33 Å². The molecule has 0 aliphatic carbocycles. The molecule has 2 rings (SSSR count). The van der Waals surface area contributed by atoms with E-state index in [9.17, 15) is 4.79 Å². The van der Waals surface area contributed by atoms with Crippen molar-refractivity contribution < 1.29 is 4.79 Å². The number of carbonyl (C=O) groups excluding carboxylic acids is 1. The van der Waals surface area contributed by atoms with Crippen molar-refractivity contribution in [3.8, 4) is 0 Å². The highest BCUT2D eigenvalue weighted by Gasteiger charge is 2.23. The molecule has 0 bridgehead atoms. The minimum absolute atomic E-state index is 0.127. The van der Waals surface area contributed by atoms with Gasteiger partial charge in [0.2, 0.25) is 0 Å². The number of ketones is 1. The lowest BCUT2D eigenvalue weighted by molar-refractivity contribution is -0.120. The number of rotatable bonds is 2. The fourth-order valence-electron chi connectivity index (χ4n) is 2.01. The van der Waals surface area contributed by atoms with E-state index in [1.807, 2.05) is 0 Å². The molecule has 1 unspecified atom stereocenters. The van der Waals surface area contributed by atoms with Crippen LogP contribution in [0.5, 0.6) is 0 Å². The zero-order chi connectivity index (χ0) is 11.5. The Labute approximate surface area is 99.6 Å². The molecule has 0 amide bonds. The largest absolute Gasteiger partial charge is 0.356 e. The van der Waals surface area contributed by atoms with Gasteiger partial charge in [0.25, 0.3) is 0 Å². The first-order valence-electron chi connectivity index (χ1n) is 5.40. The molecule has 5 heteroatoms. The minimum atomic E-state index is 0.127. The van der Waals surface area contributed by atoms with Crippen LogP contribution >= 0.6 is 11.6 Å². The van der Waals surface area contributed by atoms with Gasteiger partial charge in [0.05, 0.1) is 0 Å². The Hall–Kier alpha value is -1.16. The van der Waals surface area contributed by atoms with E-state index < -0.39 is 0 Å². The lowest BCUT2D eigenvalue weighted by Crippen LogP contribution is -2.38. The zero-order valence-corrected chi connectivity index (χ0v) is 9.94. The van der Waals surface area contributed by atoms with Crippen molar-refractivity contribution in [2.75, 3.05) is 18.0 Å². The van der Waals surface area contributed by atoms with Crippen LogP contribution in [-0.4, -0.2) is 28.8 Å². The van der Waals surface area contributed by atoms with Gasteiger partial charge < -0.3 is 4.90 Å². The highest BCUT2D eigenvalue weighted by molar-refractivity contribution is 6.29. The van der Waals surface area contributed by atoms with Gasteiger partial charge >= 0.3 is 0 Å². The third kappa shape index (κ3) is 2.50. The highest BCUT2D eigenvalue weighted by Crippen LogP contribution is 2.22. The average Bonchev–Trinajstić information content (AvgIpc) is 2.29. The molecule has 1 aromatic rings. The molecule has 4 nitrogen and oxygen atoms in total. The maximum Gasteiger partial charge on any atom is 0.134 e. The Balaban J connectivity index is 2.12. The average molecular weight is 240 g/mol. The fourth-order valence-corrected chi connectivity index (χ4v) is 2.16. The topological polar surface area (TPSA) is 46.1 Å². The quantitative estimate of drug-likeness (QED) is 0.740. The first kappa shape index (κ1) is 11.3. The van der Waals surface area contributed by atoms with Crippen LogP contribution in [0.3, 0.4) is 0 Å². The molecular formula is C11H14ClN3O. The molecular weight excluding hydrogens is 226 g/mol. The van der Waals surface area contributed by atoms with Crippen LogP contribution in [0.2, 0.25) is 5.15 Å². The van der Waals surface area contributed by atoms with Gasteiger partial charge in [-0.2, -0.15) is 0 Å². The molecule has 1 aliphatic rings. The summed E-state index contributed by atoms with van der Waals surface area (Å²) in [5.41, 5.74) is 0.